The van der Waals surface area contributed by atoms with Crippen molar-refractivity contribution < 1.29 is 14.0 Å². The van der Waals surface area contributed by atoms with E-state index in [1.807, 2.05) is 73.7 Å². The average Bonchev–Trinajstić information content (AvgIpc) is 3.29. The second-order valence-electron chi connectivity index (χ2n) is 7.54. The molecule has 144 valence electrons. The summed E-state index contributed by atoms with van der Waals surface area (Å²) in [5.41, 5.74) is 4.19. The number of carbonyl (C=O) groups is 2. The summed E-state index contributed by atoms with van der Waals surface area (Å²) in [7, 11) is 0. The molecule has 0 spiro atoms. The number of para-hydroxylation sites is 1. The molecule has 0 aliphatic carbocycles. The van der Waals surface area contributed by atoms with Crippen molar-refractivity contribution in [1.29, 1.82) is 0 Å². The van der Waals surface area contributed by atoms with E-state index in [9.17, 15) is 9.59 Å². The first-order chi connectivity index (χ1) is 14.1. The van der Waals surface area contributed by atoms with Gasteiger partial charge >= 0.3 is 0 Å². The van der Waals surface area contributed by atoms with Crippen molar-refractivity contribution in [3.05, 3.63) is 72.3 Å². The van der Waals surface area contributed by atoms with Gasteiger partial charge in [-0.05, 0) is 37.3 Å². The normalized spacial score (nSPS) is 16.7. The fourth-order valence-electron chi connectivity index (χ4n) is 3.91. The number of nitrogens with zero attached hydrogens (tertiary/aromatic N) is 1. The Morgan fingerprint density at radius 3 is 2.59 bits per heavy atom. The Morgan fingerprint density at radius 2 is 1.76 bits per heavy atom. The molecule has 1 aliphatic rings. The van der Waals surface area contributed by atoms with Gasteiger partial charge in [0.05, 0.1) is 5.92 Å². The van der Waals surface area contributed by atoms with Gasteiger partial charge < -0.3 is 14.6 Å². The lowest BCUT2D eigenvalue weighted by Crippen LogP contribution is -2.28. The SMILES string of the molecule is Cc1ccc(N2C[C@H](C(=O)Nc3ccc4c(c3)oc3ccccc34)CC2=O)cc1. The van der Waals surface area contributed by atoms with E-state index in [0.717, 1.165) is 33.2 Å². The Bertz CT molecular complexity index is 1240. The molecule has 0 bridgehead atoms. The summed E-state index contributed by atoms with van der Waals surface area (Å²) in [6.07, 6.45) is 0.215. The van der Waals surface area contributed by atoms with Crippen LogP contribution in [0.3, 0.4) is 0 Å². The van der Waals surface area contributed by atoms with E-state index >= 15 is 0 Å². The van der Waals surface area contributed by atoms with Gasteiger partial charge in [0.2, 0.25) is 11.8 Å². The van der Waals surface area contributed by atoms with Crippen LogP contribution >= 0.6 is 0 Å². The summed E-state index contributed by atoms with van der Waals surface area (Å²) < 4.78 is 5.89. The first kappa shape index (κ1) is 17.5. The highest BCUT2D eigenvalue weighted by Crippen LogP contribution is 2.31. The highest BCUT2D eigenvalue weighted by atomic mass is 16.3. The zero-order valence-electron chi connectivity index (χ0n) is 16.0. The number of hydrogen-bond acceptors (Lipinski definition) is 3. The Kier molecular flexibility index (Phi) is 4.09. The fraction of sp³-hybridized carbons (Fsp3) is 0.167. The van der Waals surface area contributed by atoms with Crippen LogP contribution in [0.5, 0.6) is 0 Å². The minimum atomic E-state index is -0.379. The molecule has 1 N–H and O–H groups in total. The number of carbonyl (C=O) groups excluding carboxylic acids is 2. The van der Waals surface area contributed by atoms with E-state index < -0.39 is 0 Å². The van der Waals surface area contributed by atoms with Gasteiger partial charge in [0, 0.05) is 41.2 Å². The lowest BCUT2D eigenvalue weighted by molar-refractivity contribution is -0.122. The molecule has 0 radical (unpaired) electrons. The Labute approximate surface area is 167 Å². The van der Waals surface area contributed by atoms with Crippen LogP contribution in [0, 0.1) is 12.8 Å². The van der Waals surface area contributed by atoms with E-state index in [0.29, 0.717) is 12.2 Å². The minimum Gasteiger partial charge on any atom is -0.456 e. The molecule has 5 rings (SSSR count). The molecule has 0 unspecified atom stereocenters. The highest BCUT2D eigenvalue weighted by Gasteiger charge is 2.35. The maximum Gasteiger partial charge on any atom is 0.229 e. The molecule has 1 aromatic heterocycles. The molecule has 2 amide bonds. The number of benzene rings is 3. The van der Waals surface area contributed by atoms with Gasteiger partial charge in [0.15, 0.2) is 0 Å². The number of nitrogens with one attached hydrogen (secondary N) is 1. The molecule has 3 aromatic carbocycles. The summed E-state index contributed by atoms with van der Waals surface area (Å²) in [6, 6.07) is 21.3. The van der Waals surface area contributed by atoms with Crippen molar-refractivity contribution in [2.24, 2.45) is 5.92 Å². The van der Waals surface area contributed by atoms with Crippen LogP contribution in [0.4, 0.5) is 11.4 Å². The number of furan rings is 1. The van der Waals surface area contributed by atoms with Crippen molar-refractivity contribution in [2.75, 3.05) is 16.8 Å². The zero-order valence-corrected chi connectivity index (χ0v) is 16.0. The third-order valence-corrected chi connectivity index (χ3v) is 5.49. The van der Waals surface area contributed by atoms with Crippen LogP contribution < -0.4 is 10.2 Å². The maximum atomic E-state index is 12.8. The van der Waals surface area contributed by atoms with E-state index in [4.69, 9.17) is 4.42 Å². The third kappa shape index (κ3) is 3.14. The van der Waals surface area contributed by atoms with Crippen molar-refractivity contribution in [2.45, 2.75) is 13.3 Å². The van der Waals surface area contributed by atoms with E-state index in [1.54, 1.807) is 4.90 Å². The summed E-state index contributed by atoms with van der Waals surface area (Å²) in [6.45, 7) is 2.39. The van der Waals surface area contributed by atoms with Crippen LogP contribution in [-0.2, 0) is 9.59 Å². The van der Waals surface area contributed by atoms with Crippen molar-refractivity contribution in [3.63, 3.8) is 0 Å². The van der Waals surface area contributed by atoms with Gasteiger partial charge in [-0.2, -0.15) is 0 Å². The number of amides is 2. The molecule has 0 saturated carbocycles. The summed E-state index contributed by atoms with van der Waals surface area (Å²) in [5, 5.41) is 5.01. The van der Waals surface area contributed by atoms with Crippen molar-refractivity contribution >= 4 is 45.1 Å². The van der Waals surface area contributed by atoms with E-state index in [-0.39, 0.29) is 24.2 Å². The molecular formula is C24H20N2O3. The zero-order chi connectivity index (χ0) is 20.0. The predicted molar refractivity (Wildman–Crippen MR) is 114 cm³/mol. The molecule has 1 saturated heterocycles. The number of aryl methyl sites for hydroxylation is 1. The predicted octanol–water partition coefficient (Wildman–Crippen LogP) is 4.89. The molecular weight excluding hydrogens is 364 g/mol. The number of fused-ring (bicyclic) bond motifs is 3. The molecule has 1 aliphatic heterocycles. The van der Waals surface area contributed by atoms with Crippen molar-refractivity contribution in [3.8, 4) is 0 Å². The van der Waals surface area contributed by atoms with Crippen LogP contribution in [0.25, 0.3) is 21.9 Å². The molecule has 5 nitrogen and oxygen atoms in total. The number of anilines is 2. The van der Waals surface area contributed by atoms with Crippen LogP contribution in [0.1, 0.15) is 12.0 Å². The quantitative estimate of drug-likeness (QED) is 0.547. The summed E-state index contributed by atoms with van der Waals surface area (Å²) in [4.78, 5) is 26.9. The number of hydrogen-bond donors (Lipinski definition) is 1. The van der Waals surface area contributed by atoms with Gasteiger partial charge in [0.1, 0.15) is 11.2 Å². The average molecular weight is 384 g/mol. The third-order valence-electron chi connectivity index (χ3n) is 5.49. The van der Waals surface area contributed by atoms with Gasteiger partial charge in [-0.1, -0.05) is 35.9 Å². The van der Waals surface area contributed by atoms with Gasteiger partial charge in [-0.3, -0.25) is 9.59 Å². The van der Waals surface area contributed by atoms with E-state index in [2.05, 4.69) is 5.32 Å². The van der Waals surface area contributed by atoms with Crippen molar-refractivity contribution in [1.82, 2.24) is 0 Å². The maximum absolute atomic E-state index is 12.8. The standard InChI is InChI=1S/C24H20N2O3/c1-15-6-9-18(10-7-15)26-14-16(12-23(26)27)24(28)25-17-8-11-20-19-4-2-3-5-21(19)29-22(20)13-17/h2-11,13,16H,12,14H2,1H3,(H,25,28)/t16-/m1/s1. The lowest BCUT2D eigenvalue weighted by atomic mass is 10.1. The highest BCUT2D eigenvalue weighted by molar-refractivity contribution is 6.07. The van der Waals surface area contributed by atoms with Crippen LogP contribution in [0.2, 0.25) is 0 Å². The molecule has 1 fully saturated rings. The molecule has 29 heavy (non-hydrogen) atoms. The summed E-state index contributed by atoms with van der Waals surface area (Å²) in [5.74, 6) is -0.555. The lowest BCUT2D eigenvalue weighted by Gasteiger charge is -2.17. The molecule has 1 atom stereocenters. The first-order valence-electron chi connectivity index (χ1n) is 9.68. The summed E-state index contributed by atoms with van der Waals surface area (Å²) >= 11 is 0. The Hall–Kier alpha value is -3.60. The Balaban J connectivity index is 1.34. The monoisotopic (exact) mass is 384 g/mol. The first-order valence-corrected chi connectivity index (χ1v) is 9.68. The van der Waals surface area contributed by atoms with Crippen LogP contribution in [-0.4, -0.2) is 18.4 Å². The fourth-order valence-corrected chi connectivity index (χ4v) is 3.91. The largest absolute Gasteiger partial charge is 0.456 e. The molecule has 4 aromatic rings. The van der Waals surface area contributed by atoms with Gasteiger partial charge in [0.25, 0.3) is 0 Å². The van der Waals surface area contributed by atoms with Gasteiger partial charge in [-0.25, -0.2) is 0 Å². The van der Waals surface area contributed by atoms with E-state index in [1.165, 1.54) is 0 Å². The molecule has 5 heteroatoms. The minimum absolute atomic E-state index is 0.0262. The second-order valence-corrected chi connectivity index (χ2v) is 7.54. The van der Waals surface area contributed by atoms with Gasteiger partial charge in [-0.15, -0.1) is 0 Å². The smallest absolute Gasteiger partial charge is 0.229 e. The number of rotatable bonds is 3. The molecule has 2 heterocycles. The Morgan fingerprint density at radius 1 is 1.00 bits per heavy atom. The van der Waals surface area contributed by atoms with Crippen LogP contribution in [0.15, 0.2) is 71.1 Å². The second kappa shape index (κ2) is 6.78. The topological polar surface area (TPSA) is 62.6 Å².